The lowest BCUT2D eigenvalue weighted by molar-refractivity contribution is -0.115. The van der Waals surface area contributed by atoms with Crippen molar-refractivity contribution in [2.24, 2.45) is 17.2 Å². The molecule has 0 bridgehead atoms. The van der Waals surface area contributed by atoms with E-state index in [2.05, 4.69) is 41.4 Å². The molecule has 0 saturated carbocycles. The van der Waals surface area contributed by atoms with Crippen LogP contribution in [0.3, 0.4) is 0 Å². The Kier molecular flexibility index (Phi) is 16.4. The van der Waals surface area contributed by atoms with Crippen LogP contribution in [0.5, 0.6) is 0 Å². The molecule has 15 N–H and O–H groups in total. The van der Waals surface area contributed by atoms with E-state index in [1.807, 2.05) is 13.0 Å². The first-order chi connectivity index (χ1) is 18.9. The topological polar surface area (TPSA) is 354 Å². The Morgan fingerprint density at radius 3 is 1.54 bits per heavy atom. The molecule has 0 aliphatic heterocycles. The highest BCUT2D eigenvalue weighted by molar-refractivity contribution is 5.88. The number of guanidine groups is 1. The zero-order valence-corrected chi connectivity index (χ0v) is 24.1. The van der Waals surface area contributed by atoms with Crippen LogP contribution in [0.25, 0.3) is 11.0 Å². The molecule has 41 heavy (non-hydrogen) atoms. The van der Waals surface area contributed by atoms with E-state index in [0.717, 1.165) is 11.3 Å². The van der Waals surface area contributed by atoms with Gasteiger partial charge in [-0.05, 0) is 47.1 Å². The third-order valence-corrected chi connectivity index (χ3v) is 3.96. The molecule has 0 fully saturated rings. The Labute approximate surface area is 238 Å². The Morgan fingerprint density at radius 2 is 1.17 bits per heavy atom. The highest BCUT2D eigenvalue weighted by Gasteiger charge is 2.09. The van der Waals surface area contributed by atoms with Crippen LogP contribution >= 0.6 is 0 Å². The number of rotatable bonds is 0. The van der Waals surface area contributed by atoms with E-state index in [4.69, 9.17) is 49.5 Å². The maximum Gasteiger partial charge on any atom is 0.235 e. The smallest absolute Gasteiger partial charge is 0.235 e. The zero-order valence-electron chi connectivity index (χ0n) is 24.1. The highest BCUT2D eigenvalue weighted by Crippen LogP contribution is 2.19. The fraction of sp³-hybridized carbons (Fsp3) is 0.292. The second-order valence-corrected chi connectivity index (χ2v) is 8.05. The van der Waals surface area contributed by atoms with Crippen LogP contribution < -0.4 is 39.8 Å². The molecule has 0 aliphatic carbocycles. The molecule has 3 rings (SSSR count). The first-order valence-corrected chi connectivity index (χ1v) is 11.4. The number of nitriles is 3. The summed E-state index contributed by atoms with van der Waals surface area (Å²) < 4.78 is 0. The molecule has 0 atom stereocenters. The fourth-order valence-corrected chi connectivity index (χ4v) is 2.51. The van der Waals surface area contributed by atoms with Crippen molar-refractivity contribution in [3.05, 3.63) is 39.7 Å². The average Bonchev–Trinajstić information content (AvgIpc) is 2.78. The lowest BCUT2D eigenvalue weighted by Gasteiger charge is -2.04. The Morgan fingerprint density at radius 1 is 0.732 bits per heavy atom. The van der Waals surface area contributed by atoms with Crippen LogP contribution in [0.1, 0.15) is 49.4 Å². The average molecular weight is 563 g/mol. The lowest BCUT2D eigenvalue weighted by Crippen LogP contribution is -2.43. The largest absolute Gasteiger partial charge is 0.383 e. The number of nitrogens with zero attached hydrogens (tertiary/aromatic N) is 9. The number of hydrogen-bond acceptors (Lipinski definition) is 13. The van der Waals surface area contributed by atoms with Crippen molar-refractivity contribution in [3.8, 4) is 18.2 Å². The molecular weight excluding hydrogens is 526 g/mol. The normalized spacial score (nSPS) is 8.59. The van der Waals surface area contributed by atoms with Gasteiger partial charge in [0.1, 0.15) is 52.6 Å². The van der Waals surface area contributed by atoms with Gasteiger partial charge < -0.3 is 28.7 Å². The van der Waals surface area contributed by atoms with E-state index in [9.17, 15) is 0 Å². The zero-order chi connectivity index (χ0) is 32.4. The number of allylic oxidation sites excluding steroid dienone is 2. The number of nitrogens with two attached hydrogens (primary N) is 7. The Bertz CT molecular complexity index is 1430. The summed E-state index contributed by atoms with van der Waals surface area (Å²) in [6.45, 7) is 12.2. The number of hydrogen-bond donors (Lipinski definition) is 8. The van der Waals surface area contributed by atoms with Gasteiger partial charge in [0.25, 0.3) is 0 Å². The summed E-state index contributed by atoms with van der Waals surface area (Å²) in [6, 6.07) is 5.48. The van der Waals surface area contributed by atoms with Gasteiger partial charge in [-0.1, -0.05) is 0 Å². The quantitative estimate of drug-likeness (QED) is 0.0931. The van der Waals surface area contributed by atoms with Gasteiger partial charge in [0, 0.05) is 6.92 Å². The van der Waals surface area contributed by atoms with Gasteiger partial charge in [-0.2, -0.15) is 25.8 Å². The third kappa shape index (κ3) is 15.0. The van der Waals surface area contributed by atoms with Crippen LogP contribution in [0, 0.1) is 67.1 Å². The molecule has 17 heteroatoms. The number of aromatic nitrogens is 6. The Balaban J connectivity index is 0. The van der Waals surface area contributed by atoms with Gasteiger partial charge in [-0.25, -0.2) is 19.9 Å². The minimum Gasteiger partial charge on any atom is -0.383 e. The Hall–Kier alpha value is -6.15. The van der Waals surface area contributed by atoms with Crippen molar-refractivity contribution < 1.29 is 5.41 Å². The molecule has 216 valence electrons. The molecule has 0 aromatic carbocycles. The van der Waals surface area contributed by atoms with E-state index >= 15 is 0 Å². The van der Waals surface area contributed by atoms with Crippen molar-refractivity contribution in [2.75, 3.05) is 17.2 Å². The summed E-state index contributed by atoms with van der Waals surface area (Å²) in [5.41, 5.74) is 33.6. The summed E-state index contributed by atoms with van der Waals surface area (Å²) in [5.74, 6) is 2.04. The number of fused-ring (bicyclic) bond motifs is 1. The fourth-order valence-electron chi connectivity index (χ4n) is 2.51. The summed E-state index contributed by atoms with van der Waals surface area (Å²) in [6.07, 6.45) is 0. The molecule has 0 radical (unpaired) electrons. The van der Waals surface area contributed by atoms with E-state index in [0.29, 0.717) is 45.6 Å². The summed E-state index contributed by atoms with van der Waals surface area (Å²) in [7, 11) is 0. The van der Waals surface area contributed by atoms with E-state index in [1.54, 1.807) is 53.7 Å². The van der Waals surface area contributed by atoms with Gasteiger partial charge in [0.05, 0.1) is 16.8 Å². The molecule has 0 spiro atoms. The monoisotopic (exact) mass is 562 g/mol. The molecule has 0 saturated heterocycles. The standard InChI is InChI=1S/C8H10N6.C7H8N4.C6H6N2.C2H6N2.CH5N3/c1-3-5-6(9)13-8(10)14-7(5)12-4(2)11-3;1-4-6(3-8)7(9)11-5(2)10-4;1-5(2)6(3-7)4-8;1-2(3)4;2-1(3)4/h1-2H3,(H4,9,10,11,12,13,14);1-2H3,(H2,9,10,11);1-2H3;1H3,(H3,3,4);(H5,2,3,4)/p+1. The van der Waals surface area contributed by atoms with Gasteiger partial charge in [0.15, 0.2) is 11.6 Å². The number of amidine groups is 1. The maximum absolute atomic E-state index is 8.58. The van der Waals surface area contributed by atoms with E-state index in [1.165, 1.54) is 0 Å². The number of aryl methyl sites for hydroxylation is 4. The molecule has 3 aromatic rings. The summed E-state index contributed by atoms with van der Waals surface area (Å²) >= 11 is 0. The number of nitrogen functional groups attached to an aromatic ring is 3. The van der Waals surface area contributed by atoms with Crippen LogP contribution in [-0.4, -0.2) is 41.7 Å². The van der Waals surface area contributed by atoms with Gasteiger partial charge >= 0.3 is 0 Å². The summed E-state index contributed by atoms with van der Waals surface area (Å²) in [5, 5.41) is 36.4. The molecule has 0 unspecified atom stereocenters. The second-order valence-electron chi connectivity index (χ2n) is 8.05. The molecule has 0 aliphatic rings. The first kappa shape index (κ1) is 37.0. The van der Waals surface area contributed by atoms with Crippen LogP contribution in [0.15, 0.2) is 11.1 Å². The van der Waals surface area contributed by atoms with Crippen LogP contribution in [0.4, 0.5) is 17.6 Å². The van der Waals surface area contributed by atoms with E-state index in [-0.39, 0.29) is 23.3 Å². The van der Waals surface area contributed by atoms with E-state index < -0.39 is 0 Å². The number of nitrogens with one attached hydrogen (secondary N) is 1. The number of anilines is 3. The van der Waals surface area contributed by atoms with Gasteiger partial charge in [0.2, 0.25) is 11.8 Å². The van der Waals surface area contributed by atoms with Crippen molar-refractivity contribution >= 4 is 40.4 Å². The van der Waals surface area contributed by atoms with Crippen molar-refractivity contribution in [1.82, 2.24) is 29.9 Å². The summed E-state index contributed by atoms with van der Waals surface area (Å²) in [4.78, 5) is 24.0. The maximum atomic E-state index is 8.58. The van der Waals surface area contributed by atoms with Crippen molar-refractivity contribution in [2.45, 2.75) is 48.5 Å². The third-order valence-electron chi connectivity index (χ3n) is 3.96. The van der Waals surface area contributed by atoms with Gasteiger partial charge in [-0.15, -0.1) is 0 Å². The van der Waals surface area contributed by atoms with Gasteiger partial charge in [-0.3, -0.25) is 16.6 Å². The predicted molar refractivity (Wildman–Crippen MR) is 157 cm³/mol. The molecule has 3 aromatic heterocycles. The minimum absolute atomic E-state index is 0.132. The minimum atomic E-state index is -0.333. The molecule has 17 nitrogen and oxygen atoms in total. The molecular formula is C24H36N17+. The lowest BCUT2D eigenvalue weighted by atomic mass is 10.2. The van der Waals surface area contributed by atoms with Crippen LogP contribution in [-0.2, 0) is 0 Å². The van der Waals surface area contributed by atoms with Crippen molar-refractivity contribution in [3.63, 3.8) is 0 Å². The predicted octanol–water partition coefficient (Wildman–Crippen LogP) is -0.921. The second kappa shape index (κ2) is 18.2. The molecule has 0 amide bonds. The highest BCUT2D eigenvalue weighted by atomic mass is 15.1. The SMILES string of the molecule is CC(C)=C(C#N)C#N.CC(N)=[NH2+].Cc1nc(C)c(C#N)c(N)n1.Cc1nc(C)c2c(N)nc(N)nc2n1.N=C(N)N. The van der Waals surface area contributed by atoms with Crippen LogP contribution in [0.2, 0.25) is 0 Å². The molecule has 3 heterocycles. The first-order valence-electron chi connectivity index (χ1n) is 11.4. The van der Waals surface area contributed by atoms with Crippen molar-refractivity contribution in [1.29, 1.82) is 21.2 Å².